The molecule has 0 radical (unpaired) electrons. The lowest BCUT2D eigenvalue weighted by molar-refractivity contribution is 0.655. The molecule has 0 saturated carbocycles. The second-order valence-electron chi connectivity index (χ2n) is 10.4. The molecule has 0 aliphatic carbocycles. The van der Waals surface area contributed by atoms with Crippen molar-refractivity contribution in [1.82, 2.24) is 4.98 Å². The Morgan fingerprint density at radius 1 is 0.390 bits per heavy atom. The predicted molar refractivity (Wildman–Crippen MR) is 171 cm³/mol. The molecule has 6 aromatic carbocycles. The third-order valence-electron chi connectivity index (χ3n) is 7.97. The molecule has 0 amide bonds. The fraction of sp³-hybridized carbons (Fsp3) is 0. The Morgan fingerprint density at radius 2 is 0.927 bits per heavy atom. The quantitative estimate of drug-likeness (QED) is 0.229. The first-order valence-corrected chi connectivity index (χ1v) is 13.9. The maximum Gasteiger partial charge on any atom is 0.227 e. The average Bonchev–Trinajstić information content (AvgIpc) is 3.44. The van der Waals surface area contributed by atoms with Crippen LogP contribution in [0.25, 0.3) is 77.3 Å². The van der Waals surface area contributed by atoms with Crippen molar-refractivity contribution in [2.45, 2.75) is 0 Å². The molecule has 0 aliphatic heterocycles. The Hall–Kier alpha value is -5.47. The second-order valence-corrected chi connectivity index (χ2v) is 10.4. The summed E-state index contributed by atoms with van der Waals surface area (Å²) < 4.78 is 6.16. The molecule has 2 heterocycles. The molecule has 41 heavy (non-hydrogen) atoms. The third kappa shape index (κ3) is 4.18. The van der Waals surface area contributed by atoms with Gasteiger partial charge in [-0.1, -0.05) is 121 Å². The maximum absolute atomic E-state index is 6.16. The lowest BCUT2D eigenvalue weighted by Crippen LogP contribution is -1.84. The molecular formula is C39H25NO. The van der Waals surface area contributed by atoms with Crippen LogP contribution >= 0.6 is 0 Å². The number of pyridine rings is 1. The predicted octanol–water partition coefficient (Wildman–Crippen LogP) is 10.8. The van der Waals surface area contributed by atoms with E-state index in [1.54, 1.807) is 6.20 Å². The van der Waals surface area contributed by atoms with Gasteiger partial charge < -0.3 is 4.42 Å². The number of rotatable bonds is 4. The van der Waals surface area contributed by atoms with Crippen molar-refractivity contribution < 1.29 is 4.42 Å². The van der Waals surface area contributed by atoms with Gasteiger partial charge in [0.15, 0.2) is 0 Å². The SMILES string of the molecule is c1ccc(-c2ccc(-c3ccc4cc(-c5ccc(-c6cccc7c6oc6ncccc67)cc5)ccc4c3)cc2)cc1. The van der Waals surface area contributed by atoms with Crippen molar-refractivity contribution in [2.75, 3.05) is 0 Å². The van der Waals surface area contributed by atoms with E-state index in [4.69, 9.17) is 4.42 Å². The van der Waals surface area contributed by atoms with Crippen molar-refractivity contribution in [3.05, 3.63) is 152 Å². The molecule has 0 aliphatic rings. The Labute approximate surface area is 238 Å². The van der Waals surface area contributed by atoms with E-state index in [1.807, 2.05) is 6.07 Å². The minimum absolute atomic E-state index is 0.676. The Kier molecular flexibility index (Phi) is 5.49. The molecule has 0 atom stereocenters. The van der Waals surface area contributed by atoms with E-state index < -0.39 is 0 Å². The molecular weight excluding hydrogens is 498 g/mol. The first-order chi connectivity index (χ1) is 20.3. The molecule has 8 aromatic rings. The normalized spacial score (nSPS) is 11.4. The number of hydrogen-bond donors (Lipinski definition) is 0. The summed E-state index contributed by atoms with van der Waals surface area (Å²) in [7, 11) is 0. The summed E-state index contributed by atoms with van der Waals surface area (Å²) >= 11 is 0. The zero-order chi connectivity index (χ0) is 27.2. The maximum atomic E-state index is 6.16. The molecule has 0 saturated heterocycles. The first-order valence-electron chi connectivity index (χ1n) is 13.9. The molecule has 2 nitrogen and oxygen atoms in total. The molecule has 0 N–H and O–H groups in total. The van der Waals surface area contributed by atoms with Gasteiger partial charge in [-0.25, -0.2) is 4.98 Å². The van der Waals surface area contributed by atoms with E-state index >= 15 is 0 Å². The van der Waals surface area contributed by atoms with Crippen LogP contribution in [-0.2, 0) is 0 Å². The van der Waals surface area contributed by atoms with Gasteiger partial charge in [-0.05, 0) is 74.0 Å². The van der Waals surface area contributed by atoms with Gasteiger partial charge in [-0.15, -0.1) is 0 Å². The van der Waals surface area contributed by atoms with E-state index in [0.29, 0.717) is 5.71 Å². The molecule has 192 valence electrons. The zero-order valence-corrected chi connectivity index (χ0v) is 22.3. The highest BCUT2D eigenvalue weighted by Gasteiger charge is 2.13. The summed E-state index contributed by atoms with van der Waals surface area (Å²) in [4.78, 5) is 4.40. The van der Waals surface area contributed by atoms with E-state index in [2.05, 4.69) is 145 Å². The third-order valence-corrected chi connectivity index (χ3v) is 7.97. The van der Waals surface area contributed by atoms with Crippen LogP contribution in [0.1, 0.15) is 0 Å². The van der Waals surface area contributed by atoms with Crippen LogP contribution < -0.4 is 0 Å². The topological polar surface area (TPSA) is 26.0 Å². The minimum atomic E-state index is 0.676. The van der Waals surface area contributed by atoms with E-state index in [0.717, 1.165) is 27.5 Å². The van der Waals surface area contributed by atoms with Gasteiger partial charge in [0.25, 0.3) is 0 Å². The summed E-state index contributed by atoms with van der Waals surface area (Å²) in [5, 5.41) is 4.61. The molecule has 0 unspecified atom stereocenters. The van der Waals surface area contributed by atoms with Crippen LogP contribution in [-0.4, -0.2) is 4.98 Å². The molecule has 0 spiro atoms. The van der Waals surface area contributed by atoms with Gasteiger partial charge in [0.1, 0.15) is 5.58 Å². The monoisotopic (exact) mass is 523 g/mol. The molecule has 0 fully saturated rings. The van der Waals surface area contributed by atoms with Crippen LogP contribution in [0, 0.1) is 0 Å². The molecule has 0 bridgehead atoms. The Balaban J connectivity index is 1.08. The number of nitrogens with zero attached hydrogens (tertiary/aromatic N) is 1. The number of furan rings is 1. The van der Waals surface area contributed by atoms with E-state index in [1.165, 1.54) is 44.2 Å². The summed E-state index contributed by atoms with van der Waals surface area (Å²) in [6.07, 6.45) is 1.77. The van der Waals surface area contributed by atoms with Crippen molar-refractivity contribution in [1.29, 1.82) is 0 Å². The van der Waals surface area contributed by atoms with Gasteiger partial charge in [-0.2, -0.15) is 0 Å². The summed E-state index contributed by atoms with van der Waals surface area (Å²) in [6.45, 7) is 0. The van der Waals surface area contributed by atoms with E-state index in [-0.39, 0.29) is 0 Å². The van der Waals surface area contributed by atoms with Gasteiger partial charge in [0.2, 0.25) is 5.71 Å². The number of fused-ring (bicyclic) bond motifs is 4. The molecule has 2 aromatic heterocycles. The summed E-state index contributed by atoms with van der Waals surface area (Å²) in [5.74, 6) is 0. The van der Waals surface area contributed by atoms with Crippen LogP contribution in [0.3, 0.4) is 0 Å². The smallest absolute Gasteiger partial charge is 0.227 e. The average molecular weight is 524 g/mol. The Bertz CT molecular complexity index is 2170. The van der Waals surface area contributed by atoms with Crippen molar-refractivity contribution in [2.24, 2.45) is 0 Å². The van der Waals surface area contributed by atoms with Crippen LogP contribution in [0.2, 0.25) is 0 Å². The Morgan fingerprint density at radius 3 is 1.59 bits per heavy atom. The van der Waals surface area contributed by atoms with Crippen molar-refractivity contribution in [3.8, 4) is 44.5 Å². The van der Waals surface area contributed by atoms with Crippen molar-refractivity contribution >= 4 is 32.8 Å². The van der Waals surface area contributed by atoms with Gasteiger partial charge >= 0.3 is 0 Å². The first kappa shape index (κ1) is 23.4. The van der Waals surface area contributed by atoms with Crippen LogP contribution in [0.4, 0.5) is 0 Å². The van der Waals surface area contributed by atoms with Crippen LogP contribution in [0.5, 0.6) is 0 Å². The largest absolute Gasteiger partial charge is 0.437 e. The van der Waals surface area contributed by atoms with Crippen molar-refractivity contribution in [3.63, 3.8) is 0 Å². The fourth-order valence-corrected chi connectivity index (χ4v) is 5.79. The lowest BCUT2D eigenvalue weighted by Gasteiger charge is -2.09. The van der Waals surface area contributed by atoms with E-state index in [9.17, 15) is 0 Å². The lowest BCUT2D eigenvalue weighted by atomic mass is 9.95. The summed E-state index contributed by atoms with van der Waals surface area (Å²) in [5.41, 5.74) is 11.1. The number of para-hydroxylation sites is 1. The van der Waals surface area contributed by atoms with Gasteiger partial charge in [-0.3, -0.25) is 0 Å². The van der Waals surface area contributed by atoms with Gasteiger partial charge in [0.05, 0.1) is 0 Å². The number of aromatic nitrogens is 1. The second kappa shape index (κ2) is 9.62. The minimum Gasteiger partial charge on any atom is -0.437 e. The molecule has 8 rings (SSSR count). The standard InChI is InChI=1S/C39H25NO/c1-2-6-26(7-3-1)27-11-13-28(14-12-27)31-19-21-34-25-32(20-22-33(34)24-31)29-15-17-30(18-16-29)35-8-4-9-36-37-10-5-23-40-39(37)41-38(35)36/h1-25H. The highest BCUT2D eigenvalue weighted by Crippen LogP contribution is 2.36. The number of benzene rings is 6. The zero-order valence-electron chi connectivity index (χ0n) is 22.3. The highest BCUT2D eigenvalue weighted by atomic mass is 16.3. The summed E-state index contributed by atoms with van der Waals surface area (Å²) in [6, 6.07) is 51.8. The fourth-order valence-electron chi connectivity index (χ4n) is 5.79. The van der Waals surface area contributed by atoms with Gasteiger partial charge in [0, 0.05) is 22.5 Å². The van der Waals surface area contributed by atoms with Crippen LogP contribution in [0.15, 0.2) is 156 Å². The highest BCUT2D eigenvalue weighted by molar-refractivity contribution is 6.08. The molecule has 2 heteroatoms. The number of hydrogen-bond acceptors (Lipinski definition) is 2.